The number of hydrogen-bond donors (Lipinski definition) is 3. The lowest BCUT2D eigenvalue weighted by Crippen LogP contribution is -2.43. The van der Waals surface area contributed by atoms with Gasteiger partial charge in [-0.1, -0.05) is 48.0 Å². The fourth-order valence-corrected chi connectivity index (χ4v) is 6.70. The minimum atomic E-state index is -0.378. The number of nitrogens with one attached hydrogen (secondary N) is 3. The molecule has 1 fully saturated rings. The van der Waals surface area contributed by atoms with Crippen LogP contribution in [0, 0.1) is 0 Å². The number of nitrogens with zero attached hydrogens (tertiary/aromatic N) is 4. The SMILES string of the molecule is C=CC(=O)NC1CCCC1Nc1ncc2cc(-c3c(Cl)c(OC)cc(OC)c3Cl)c(=O)n(CCc3ccc(NC(=O)/C=C/CN(C)C)cc3)c2n1. The molecule has 2 atom stereocenters. The summed E-state index contributed by atoms with van der Waals surface area (Å²) in [6.45, 7) is 4.45. The molecular weight excluding hydrogens is 693 g/mol. The second-order valence-corrected chi connectivity index (χ2v) is 13.1. The quantitative estimate of drug-likeness (QED) is 0.139. The van der Waals surface area contributed by atoms with Crippen molar-refractivity contribution in [3.63, 3.8) is 0 Å². The van der Waals surface area contributed by atoms with E-state index in [-0.39, 0.29) is 57.2 Å². The van der Waals surface area contributed by atoms with Gasteiger partial charge in [0, 0.05) is 60.1 Å². The van der Waals surface area contributed by atoms with Gasteiger partial charge < -0.3 is 30.3 Å². The van der Waals surface area contributed by atoms with Crippen LogP contribution in [0.25, 0.3) is 22.2 Å². The van der Waals surface area contributed by atoms with Crippen molar-refractivity contribution in [2.24, 2.45) is 0 Å². The number of carbonyl (C=O) groups is 2. The first-order valence-corrected chi connectivity index (χ1v) is 17.2. The van der Waals surface area contributed by atoms with Crippen LogP contribution in [0.15, 0.2) is 72.2 Å². The fraction of sp³-hybridized carbons (Fsp3) is 0.324. The minimum absolute atomic E-state index is 0.102. The van der Waals surface area contributed by atoms with Crippen molar-refractivity contribution in [1.29, 1.82) is 0 Å². The number of pyridine rings is 1. The van der Waals surface area contributed by atoms with E-state index in [1.165, 1.54) is 26.4 Å². The number of methoxy groups -OCH3 is 2. The number of rotatable bonds is 14. The third-order valence-corrected chi connectivity index (χ3v) is 9.35. The summed E-state index contributed by atoms with van der Waals surface area (Å²) in [4.78, 5) is 50.1. The van der Waals surface area contributed by atoms with Crippen LogP contribution in [0.1, 0.15) is 24.8 Å². The summed E-state index contributed by atoms with van der Waals surface area (Å²) < 4.78 is 12.5. The van der Waals surface area contributed by atoms with E-state index in [4.69, 9.17) is 37.7 Å². The maximum absolute atomic E-state index is 14.4. The first kappa shape index (κ1) is 37.3. The van der Waals surface area contributed by atoms with Crippen LogP contribution < -0.4 is 31.0 Å². The van der Waals surface area contributed by atoms with Crippen molar-refractivity contribution in [2.75, 3.05) is 45.5 Å². The number of amides is 2. The van der Waals surface area contributed by atoms with Gasteiger partial charge in [-0.05, 0) is 69.6 Å². The normalized spacial score (nSPS) is 15.7. The molecule has 2 amide bonds. The lowest BCUT2D eigenvalue weighted by atomic mass is 10.0. The molecule has 2 heterocycles. The van der Waals surface area contributed by atoms with Crippen molar-refractivity contribution in [1.82, 2.24) is 24.8 Å². The number of halogens is 2. The summed E-state index contributed by atoms with van der Waals surface area (Å²) in [5.41, 5.74) is 2.10. The molecule has 1 aliphatic rings. The molecule has 0 radical (unpaired) electrons. The van der Waals surface area contributed by atoms with E-state index in [0.29, 0.717) is 47.1 Å². The Bertz CT molecular complexity index is 1990. The Hall–Kier alpha value is -4.91. The van der Waals surface area contributed by atoms with Crippen LogP contribution in [0.3, 0.4) is 0 Å². The van der Waals surface area contributed by atoms with Crippen LogP contribution in [0.2, 0.25) is 10.0 Å². The Kier molecular flexibility index (Phi) is 12.4. The van der Waals surface area contributed by atoms with Crippen LogP contribution >= 0.6 is 23.2 Å². The van der Waals surface area contributed by atoms with Gasteiger partial charge in [-0.15, -0.1) is 0 Å². The Morgan fingerprint density at radius 3 is 2.37 bits per heavy atom. The second kappa shape index (κ2) is 16.9. The van der Waals surface area contributed by atoms with Crippen LogP contribution in [-0.4, -0.2) is 78.2 Å². The molecule has 2 aromatic heterocycles. The summed E-state index contributed by atoms with van der Waals surface area (Å²) >= 11 is 13.5. The topological polar surface area (TPSA) is 140 Å². The molecule has 1 saturated carbocycles. The van der Waals surface area contributed by atoms with Crippen LogP contribution in [0.5, 0.6) is 11.5 Å². The van der Waals surface area contributed by atoms with E-state index in [0.717, 1.165) is 24.8 Å². The molecule has 3 N–H and O–H groups in total. The smallest absolute Gasteiger partial charge is 0.260 e. The van der Waals surface area contributed by atoms with E-state index in [9.17, 15) is 14.4 Å². The summed E-state index contributed by atoms with van der Waals surface area (Å²) in [5, 5.41) is 10.1. The summed E-state index contributed by atoms with van der Waals surface area (Å²) in [6, 6.07) is 10.4. The Balaban J connectivity index is 1.51. The van der Waals surface area contributed by atoms with Gasteiger partial charge >= 0.3 is 0 Å². The summed E-state index contributed by atoms with van der Waals surface area (Å²) in [7, 11) is 6.79. The molecule has 268 valence electrons. The Morgan fingerprint density at radius 2 is 1.73 bits per heavy atom. The predicted molar refractivity (Wildman–Crippen MR) is 202 cm³/mol. The van der Waals surface area contributed by atoms with Gasteiger partial charge in [0.1, 0.15) is 17.1 Å². The average Bonchev–Trinajstić information content (AvgIpc) is 3.54. The maximum Gasteiger partial charge on any atom is 0.260 e. The fourth-order valence-electron chi connectivity index (χ4n) is 6.00. The second-order valence-electron chi connectivity index (χ2n) is 12.4. The molecule has 1 aliphatic carbocycles. The van der Waals surface area contributed by atoms with E-state index >= 15 is 0 Å². The molecule has 4 aromatic rings. The molecule has 0 bridgehead atoms. The zero-order chi connectivity index (χ0) is 36.7. The monoisotopic (exact) mass is 733 g/mol. The number of hydrogen-bond acceptors (Lipinski definition) is 9. The van der Waals surface area contributed by atoms with Crippen molar-refractivity contribution in [3.8, 4) is 22.6 Å². The molecular formula is C37H41Cl2N7O5. The van der Waals surface area contributed by atoms with Gasteiger partial charge in [0.2, 0.25) is 17.8 Å². The Labute approximate surface area is 306 Å². The zero-order valence-electron chi connectivity index (χ0n) is 29.0. The highest BCUT2D eigenvalue weighted by Crippen LogP contribution is 2.45. The van der Waals surface area contributed by atoms with Crippen LogP contribution in [-0.2, 0) is 22.6 Å². The van der Waals surface area contributed by atoms with Crippen molar-refractivity contribution in [2.45, 2.75) is 44.3 Å². The number of fused-ring (bicyclic) bond motifs is 1. The minimum Gasteiger partial charge on any atom is -0.495 e. The molecule has 5 rings (SSSR count). The van der Waals surface area contributed by atoms with Crippen LogP contribution in [0.4, 0.5) is 11.6 Å². The molecule has 14 heteroatoms. The number of aryl methyl sites for hydroxylation is 2. The molecule has 0 spiro atoms. The highest BCUT2D eigenvalue weighted by atomic mass is 35.5. The van der Waals surface area contributed by atoms with Gasteiger partial charge in [0.25, 0.3) is 5.56 Å². The third kappa shape index (κ3) is 8.88. The van der Waals surface area contributed by atoms with E-state index in [1.54, 1.807) is 29.0 Å². The Morgan fingerprint density at radius 1 is 1.04 bits per heavy atom. The molecule has 51 heavy (non-hydrogen) atoms. The number of benzene rings is 2. The van der Waals surface area contributed by atoms with Gasteiger partial charge in [-0.25, -0.2) is 4.98 Å². The first-order chi connectivity index (χ1) is 24.5. The van der Waals surface area contributed by atoms with Crippen molar-refractivity contribution < 1.29 is 19.1 Å². The number of anilines is 2. The summed E-state index contributed by atoms with van der Waals surface area (Å²) in [6.07, 6.45) is 9.19. The molecule has 2 unspecified atom stereocenters. The van der Waals surface area contributed by atoms with E-state index in [2.05, 4.69) is 27.5 Å². The largest absolute Gasteiger partial charge is 0.495 e. The first-order valence-electron chi connectivity index (χ1n) is 16.4. The van der Waals surface area contributed by atoms with Gasteiger partial charge in [-0.3, -0.25) is 19.0 Å². The van der Waals surface area contributed by atoms with Crippen molar-refractivity contribution in [3.05, 3.63) is 93.4 Å². The zero-order valence-corrected chi connectivity index (χ0v) is 30.5. The molecule has 12 nitrogen and oxygen atoms in total. The molecule has 0 aliphatic heterocycles. The van der Waals surface area contributed by atoms with Gasteiger partial charge in [0.15, 0.2) is 0 Å². The maximum atomic E-state index is 14.4. The third-order valence-electron chi connectivity index (χ3n) is 8.60. The number of carbonyl (C=O) groups excluding carboxylic acids is 2. The number of ether oxygens (including phenoxy) is 2. The lowest BCUT2D eigenvalue weighted by molar-refractivity contribution is -0.117. The van der Waals surface area contributed by atoms with Crippen molar-refractivity contribution >= 4 is 57.7 Å². The number of aromatic nitrogens is 3. The number of likely N-dealkylation sites (N-methyl/N-ethyl adjacent to an activating group) is 1. The molecule has 2 aromatic carbocycles. The highest BCUT2D eigenvalue weighted by molar-refractivity contribution is 6.41. The van der Waals surface area contributed by atoms with Gasteiger partial charge in [0.05, 0.1) is 29.8 Å². The molecule has 0 saturated heterocycles. The highest BCUT2D eigenvalue weighted by Gasteiger charge is 2.29. The predicted octanol–water partition coefficient (Wildman–Crippen LogP) is 5.72. The summed E-state index contributed by atoms with van der Waals surface area (Å²) in [5.74, 6) is 0.455. The van der Waals surface area contributed by atoms with Gasteiger partial charge in [-0.2, -0.15) is 4.98 Å². The lowest BCUT2D eigenvalue weighted by Gasteiger charge is -2.22. The standard InChI is InChI=1S/C37H41Cl2N7O5/c1-6-30(47)42-26-9-7-10-27(26)43-37-40-21-23-19-25(32-33(38)28(50-4)20-29(51-5)34(32)39)36(49)46(35(23)44-37)18-16-22-12-14-24(15-13-22)41-31(48)11-8-17-45(2)3/h6,8,11-15,19-21,26-27H,1,7,9-10,16-18H2,2-5H3,(H,41,48)(H,42,47)(H,40,43,44)/b11-8+. The van der Waals surface area contributed by atoms with E-state index < -0.39 is 0 Å². The van der Waals surface area contributed by atoms with E-state index in [1.807, 2.05) is 43.3 Å². The average molecular weight is 735 g/mol.